The van der Waals surface area contributed by atoms with Crippen LogP contribution in [0.2, 0.25) is 0 Å². The Morgan fingerprint density at radius 2 is 1.78 bits per heavy atom. The summed E-state index contributed by atoms with van der Waals surface area (Å²) in [6.45, 7) is 0. The normalized spacial score (nSPS) is 32.4. The van der Waals surface area contributed by atoms with Crippen molar-refractivity contribution in [2.45, 2.75) is 50.6 Å². The Morgan fingerprint density at radius 1 is 1.11 bits per heavy atom. The number of nitrogens with one attached hydrogen (secondary N) is 1. The van der Waals surface area contributed by atoms with E-state index in [2.05, 4.69) is 10.3 Å². The number of oxazole rings is 1. The average Bonchev–Trinajstić information content (AvgIpc) is 3.15. The van der Waals surface area contributed by atoms with Crippen molar-refractivity contribution in [2.24, 2.45) is 29.4 Å². The first kappa shape index (κ1) is 17.0. The summed E-state index contributed by atoms with van der Waals surface area (Å²) in [6, 6.07) is 9.97. The van der Waals surface area contributed by atoms with Crippen molar-refractivity contribution in [1.82, 2.24) is 10.3 Å². The number of benzene rings is 1. The highest BCUT2D eigenvalue weighted by molar-refractivity contribution is 5.92. The molecule has 4 fully saturated rings. The van der Waals surface area contributed by atoms with Gasteiger partial charge in [0.25, 0.3) is 5.91 Å². The maximum Gasteiger partial charge on any atom is 0.273 e. The zero-order valence-corrected chi connectivity index (χ0v) is 15.5. The second-order valence-electron chi connectivity index (χ2n) is 8.80. The van der Waals surface area contributed by atoms with Crippen LogP contribution in [0.4, 0.5) is 0 Å². The van der Waals surface area contributed by atoms with Crippen LogP contribution < -0.4 is 11.1 Å². The van der Waals surface area contributed by atoms with Crippen LogP contribution >= 0.6 is 0 Å². The summed E-state index contributed by atoms with van der Waals surface area (Å²) >= 11 is 0. The number of nitrogens with zero attached hydrogens (tertiary/aromatic N) is 1. The van der Waals surface area contributed by atoms with E-state index in [4.69, 9.17) is 10.2 Å². The first-order valence-corrected chi connectivity index (χ1v) is 10.2. The molecule has 142 valence electrons. The standard InChI is InChI=1S/C22H27N3O2/c23-18(11-13-4-2-1-3-5-13)22-24-19(12-27-22)21(26)25-20-16-7-14-6-15(9-16)10-17(20)8-14/h1-5,12,14-18,20H,6-11,23H2,(H,25,26). The van der Waals surface area contributed by atoms with E-state index in [1.807, 2.05) is 30.3 Å². The fraction of sp³-hybridized carbons (Fsp3) is 0.545. The highest BCUT2D eigenvalue weighted by Gasteiger charge is 2.48. The molecule has 0 spiro atoms. The molecule has 6 rings (SSSR count). The summed E-state index contributed by atoms with van der Waals surface area (Å²) in [5.74, 6) is 3.41. The summed E-state index contributed by atoms with van der Waals surface area (Å²) in [5.41, 5.74) is 7.71. The Kier molecular flexibility index (Phi) is 4.27. The molecule has 2 aromatic rings. The van der Waals surface area contributed by atoms with Crippen molar-refractivity contribution < 1.29 is 9.21 Å². The number of aromatic nitrogens is 1. The molecule has 4 saturated carbocycles. The van der Waals surface area contributed by atoms with Gasteiger partial charge in [0.15, 0.2) is 5.69 Å². The number of rotatable bonds is 5. The Labute approximate surface area is 159 Å². The maximum absolute atomic E-state index is 12.8. The summed E-state index contributed by atoms with van der Waals surface area (Å²) in [6.07, 6.45) is 8.63. The van der Waals surface area contributed by atoms with Crippen molar-refractivity contribution in [3.8, 4) is 0 Å². The molecule has 0 saturated heterocycles. The molecular formula is C22H27N3O2. The minimum absolute atomic E-state index is 0.116. The second kappa shape index (κ2) is 6.79. The van der Waals surface area contributed by atoms with E-state index in [9.17, 15) is 4.79 Å². The van der Waals surface area contributed by atoms with Crippen LogP contribution in [0.5, 0.6) is 0 Å². The average molecular weight is 365 g/mol. The van der Waals surface area contributed by atoms with Gasteiger partial charge in [0, 0.05) is 6.04 Å². The lowest BCUT2D eigenvalue weighted by molar-refractivity contribution is -0.0120. The monoisotopic (exact) mass is 365 g/mol. The van der Waals surface area contributed by atoms with E-state index < -0.39 is 0 Å². The first-order chi connectivity index (χ1) is 13.2. The second-order valence-corrected chi connectivity index (χ2v) is 8.80. The molecule has 1 aromatic heterocycles. The van der Waals surface area contributed by atoms with Gasteiger partial charge in [-0.15, -0.1) is 0 Å². The van der Waals surface area contributed by atoms with Crippen molar-refractivity contribution in [1.29, 1.82) is 0 Å². The van der Waals surface area contributed by atoms with Gasteiger partial charge in [-0.05, 0) is 67.8 Å². The smallest absolute Gasteiger partial charge is 0.273 e. The predicted octanol–water partition coefficient (Wildman–Crippen LogP) is 3.47. The minimum Gasteiger partial charge on any atom is -0.446 e. The highest BCUT2D eigenvalue weighted by atomic mass is 16.3. The molecule has 4 aliphatic rings. The van der Waals surface area contributed by atoms with E-state index in [1.54, 1.807) is 0 Å². The molecule has 1 atom stereocenters. The van der Waals surface area contributed by atoms with E-state index in [1.165, 1.54) is 38.4 Å². The fourth-order valence-electron chi connectivity index (χ4n) is 5.90. The number of hydrogen-bond donors (Lipinski definition) is 2. The zero-order valence-electron chi connectivity index (χ0n) is 15.5. The van der Waals surface area contributed by atoms with E-state index in [-0.39, 0.29) is 11.9 Å². The molecule has 1 amide bonds. The minimum atomic E-state index is -0.352. The molecule has 1 heterocycles. The van der Waals surface area contributed by atoms with Crippen molar-refractivity contribution in [3.63, 3.8) is 0 Å². The number of nitrogens with two attached hydrogens (primary N) is 1. The van der Waals surface area contributed by atoms with Gasteiger partial charge in [0.1, 0.15) is 6.26 Å². The predicted molar refractivity (Wildman–Crippen MR) is 102 cm³/mol. The molecule has 1 unspecified atom stereocenters. The highest BCUT2D eigenvalue weighted by Crippen LogP contribution is 2.53. The molecular weight excluding hydrogens is 338 g/mol. The Bertz CT molecular complexity index is 788. The quantitative estimate of drug-likeness (QED) is 0.850. The van der Waals surface area contributed by atoms with Crippen molar-refractivity contribution in [3.05, 3.63) is 53.7 Å². The molecule has 1 aromatic carbocycles. The van der Waals surface area contributed by atoms with Crippen LogP contribution in [0.25, 0.3) is 0 Å². The van der Waals surface area contributed by atoms with Crippen molar-refractivity contribution in [2.75, 3.05) is 0 Å². The van der Waals surface area contributed by atoms with Crippen LogP contribution in [0.3, 0.4) is 0 Å². The third kappa shape index (κ3) is 3.29. The fourth-order valence-corrected chi connectivity index (χ4v) is 5.90. The molecule has 4 bridgehead atoms. The Balaban J connectivity index is 1.24. The molecule has 4 aliphatic carbocycles. The van der Waals surface area contributed by atoms with Crippen LogP contribution in [0.1, 0.15) is 60.1 Å². The first-order valence-electron chi connectivity index (χ1n) is 10.2. The van der Waals surface area contributed by atoms with Gasteiger partial charge in [-0.25, -0.2) is 4.98 Å². The molecule has 3 N–H and O–H groups in total. The number of hydrogen-bond acceptors (Lipinski definition) is 4. The van der Waals surface area contributed by atoms with Crippen molar-refractivity contribution >= 4 is 5.91 Å². The molecule has 0 radical (unpaired) electrons. The van der Waals surface area contributed by atoms with E-state index in [0.29, 0.717) is 35.9 Å². The van der Waals surface area contributed by atoms with Gasteiger partial charge in [-0.1, -0.05) is 30.3 Å². The Hall–Kier alpha value is -2.14. The van der Waals surface area contributed by atoms with Gasteiger partial charge in [0.05, 0.1) is 6.04 Å². The lowest BCUT2D eigenvalue weighted by Gasteiger charge is -2.54. The summed E-state index contributed by atoms with van der Waals surface area (Å²) in [7, 11) is 0. The largest absolute Gasteiger partial charge is 0.446 e. The van der Waals surface area contributed by atoms with Crippen LogP contribution in [0, 0.1) is 23.7 Å². The third-order valence-corrected chi connectivity index (χ3v) is 6.89. The lowest BCUT2D eigenvalue weighted by Crippen LogP contribution is -2.55. The summed E-state index contributed by atoms with van der Waals surface area (Å²) in [4.78, 5) is 17.1. The zero-order chi connectivity index (χ0) is 18.4. The van der Waals surface area contributed by atoms with E-state index >= 15 is 0 Å². The summed E-state index contributed by atoms with van der Waals surface area (Å²) < 4.78 is 5.53. The number of carbonyl (C=O) groups is 1. The van der Waals surface area contributed by atoms with Crippen LogP contribution in [-0.2, 0) is 6.42 Å². The third-order valence-electron chi connectivity index (χ3n) is 6.89. The maximum atomic E-state index is 12.8. The summed E-state index contributed by atoms with van der Waals surface area (Å²) in [5, 5.41) is 3.28. The van der Waals surface area contributed by atoms with Gasteiger partial charge >= 0.3 is 0 Å². The molecule has 5 heteroatoms. The molecule has 5 nitrogen and oxygen atoms in total. The van der Waals surface area contributed by atoms with Gasteiger partial charge in [-0.3, -0.25) is 4.79 Å². The van der Waals surface area contributed by atoms with Gasteiger partial charge in [-0.2, -0.15) is 0 Å². The lowest BCUT2D eigenvalue weighted by atomic mass is 9.54. The van der Waals surface area contributed by atoms with Gasteiger partial charge in [0.2, 0.25) is 5.89 Å². The van der Waals surface area contributed by atoms with Gasteiger partial charge < -0.3 is 15.5 Å². The number of amides is 1. The van der Waals surface area contributed by atoms with Crippen LogP contribution in [0.15, 0.2) is 41.0 Å². The van der Waals surface area contributed by atoms with Crippen LogP contribution in [-0.4, -0.2) is 16.9 Å². The number of carbonyl (C=O) groups excluding carboxylic acids is 1. The molecule has 0 aliphatic heterocycles. The van der Waals surface area contributed by atoms with E-state index in [0.717, 1.165) is 17.4 Å². The SMILES string of the molecule is NC(Cc1ccccc1)c1nc(C(=O)NC2C3CC4CC(C3)CC2C4)co1. The molecule has 27 heavy (non-hydrogen) atoms. The Morgan fingerprint density at radius 3 is 2.44 bits per heavy atom. The topological polar surface area (TPSA) is 81.1 Å².